The Hall–Kier alpha value is -4.59. The number of benzene rings is 3. The number of hydrogen-bond donors (Lipinski definition) is 3. The summed E-state index contributed by atoms with van der Waals surface area (Å²) >= 11 is 0. The van der Waals surface area contributed by atoms with Gasteiger partial charge in [-0.05, 0) is 90.1 Å². The van der Waals surface area contributed by atoms with Gasteiger partial charge in [-0.25, -0.2) is 0 Å². The van der Waals surface area contributed by atoms with Gasteiger partial charge in [0.05, 0.1) is 6.54 Å². The summed E-state index contributed by atoms with van der Waals surface area (Å²) in [7, 11) is 0. The Morgan fingerprint density at radius 1 is 0.827 bits per heavy atom. The summed E-state index contributed by atoms with van der Waals surface area (Å²) in [5.74, 6) is 0.459. The summed E-state index contributed by atoms with van der Waals surface area (Å²) in [6.07, 6.45) is 3.06. The van der Waals surface area contributed by atoms with Crippen molar-refractivity contribution in [1.82, 2.24) is 15.5 Å². The second kappa shape index (κ2) is 16.8. The minimum absolute atomic E-state index is 0.0413. The van der Waals surface area contributed by atoms with Gasteiger partial charge in [0.15, 0.2) is 0 Å². The topological polar surface area (TPSA) is 108 Å². The minimum atomic E-state index is -0.898. The van der Waals surface area contributed by atoms with E-state index in [1.54, 1.807) is 12.1 Å². The first-order valence-corrected chi connectivity index (χ1v) is 18.7. The number of nitrogens with one attached hydrogen (secondary N) is 2. The van der Waals surface area contributed by atoms with Gasteiger partial charge in [0, 0.05) is 23.4 Å². The maximum Gasteiger partial charge on any atom is 0.245 e. The van der Waals surface area contributed by atoms with Crippen molar-refractivity contribution in [2.45, 2.75) is 100 Å². The number of nitrogens with zero attached hydrogens (tertiary/aromatic N) is 1. The molecule has 280 valence electrons. The zero-order chi connectivity index (χ0) is 38.3. The molecule has 3 aromatic carbocycles. The third kappa shape index (κ3) is 10.0. The van der Waals surface area contributed by atoms with E-state index >= 15 is 0 Å². The molecule has 1 heterocycles. The summed E-state index contributed by atoms with van der Waals surface area (Å²) in [5, 5.41) is 16.0. The van der Waals surface area contributed by atoms with Crippen molar-refractivity contribution in [2.75, 3.05) is 19.7 Å². The lowest BCUT2D eigenvalue weighted by Gasteiger charge is -2.38. The van der Waals surface area contributed by atoms with Crippen LogP contribution in [0.4, 0.5) is 0 Å². The lowest BCUT2D eigenvalue weighted by atomic mass is 9.73. The van der Waals surface area contributed by atoms with Gasteiger partial charge in [-0.1, -0.05) is 110 Å². The lowest BCUT2D eigenvalue weighted by Crippen LogP contribution is -2.58. The van der Waals surface area contributed by atoms with Crippen LogP contribution < -0.4 is 15.4 Å². The first kappa shape index (κ1) is 40.2. The third-order valence-corrected chi connectivity index (χ3v) is 10.1. The molecule has 1 saturated heterocycles. The average Bonchev–Trinajstić information content (AvgIpc) is 3.53. The van der Waals surface area contributed by atoms with Crippen molar-refractivity contribution in [3.63, 3.8) is 0 Å². The Labute approximate surface area is 311 Å². The quantitative estimate of drug-likeness (QED) is 0.116. The summed E-state index contributed by atoms with van der Waals surface area (Å²) in [5.41, 5.74) is 3.27. The van der Waals surface area contributed by atoms with Crippen LogP contribution in [0.1, 0.15) is 105 Å². The van der Waals surface area contributed by atoms with E-state index in [4.69, 9.17) is 4.74 Å². The van der Waals surface area contributed by atoms with E-state index < -0.39 is 22.3 Å². The van der Waals surface area contributed by atoms with Gasteiger partial charge in [0.2, 0.25) is 17.7 Å². The van der Waals surface area contributed by atoms with Crippen LogP contribution in [0, 0.1) is 16.2 Å². The van der Waals surface area contributed by atoms with Gasteiger partial charge in [-0.3, -0.25) is 14.4 Å². The number of aromatic hydroxyl groups is 1. The van der Waals surface area contributed by atoms with E-state index in [1.165, 1.54) is 5.57 Å². The van der Waals surface area contributed by atoms with Crippen molar-refractivity contribution >= 4 is 28.9 Å². The van der Waals surface area contributed by atoms with E-state index in [1.807, 2.05) is 108 Å². The Morgan fingerprint density at radius 2 is 1.40 bits per heavy atom. The monoisotopic (exact) mass is 709 g/mol. The first-order valence-electron chi connectivity index (χ1n) is 18.7. The molecule has 0 radical (unpaired) electrons. The van der Waals surface area contributed by atoms with Gasteiger partial charge in [0.1, 0.15) is 24.1 Å². The van der Waals surface area contributed by atoms with Gasteiger partial charge >= 0.3 is 0 Å². The molecule has 3 amide bonds. The standard InChI is InChI=1S/C44H59N3O5/c1-10-36(31-16-12-11-13-17-31)37(32-18-22-34(48)23-19-32)33-20-24-35(25-21-33)52-28-26-45-40(50)43(6,7)29-44(8,9)41(51)46-38(42(3,4)5)39(49)47-27-14-15-30(47)2/h11-13,16-25,30,38,48H,10,14-15,26-29H2,1-9H3,(H,45,50)(H,46,51)/b37-36-. The van der Waals surface area contributed by atoms with Crippen LogP contribution in [-0.4, -0.2) is 59.5 Å². The summed E-state index contributed by atoms with van der Waals surface area (Å²) < 4.78 is 6.02. The first-order chi connectivity index (χ1) is 24.4. The number of allylic oxidation sites excluding steroid dienone is 1. The molecular weight excluding hydrogens is 650 g/mol. The highest BCUT2D eigenvalue weighted by molar-refractivity contribution is 5.98. The number of phenols is 1. The van der Waals surface area contributed by atoms with Crippen LogP contribution in [0.2, 0.25) is 0 Å². The predicted octanol–water partition coefficient (Wildman–Crippen LogP) is 8.24. The largest absolute Gasteiger partial charge is 0.508 e. The van der Waals surface area contributed by atoms with E-state index in [0.717, 1.165) is 41.5 Å². The fraction of sp³-hybridized carbons (Fsp3) is 0.477. The van der Waals surface area contributed by atoms with Crippen LogP contribution in [0.3, 0.4) is 0 Å². The van der Waals surface area contributed by atoms with E-state index in [2.05, 4.69) is 36.6 Å². The molecule has 3 aromatic rings. The highest BCUT2D eigenvalue weighted by Gasteiger charge is 2.43. The van der Waals surface area contributed by atoms with Crippen LogP contribution in [0.15, 0.2) is 78.9 Å². The van der Waals surface area contributed by atoms with Crippen molar-refractivity contribution in [1.29, 1.82) is 0 Å². The molecule has 2 atom stereocenters. The number of carbonyl (C=O) groups excluding carboxylic acids is 3. The molecule has 52 heavy (non-hydrogen) atoms. The zero-order valence-corrected chi connectivity index (χ0v) is 32.6. The molecule has 3 N–H and O–H groups in total. The number of likely N-dealkylation sites (tertiary alicyclic amines) is 1. The second-order valence-electron chi connectivity index (χ2n) is 16.5. The summed E-state index contributed by atoms with van der Waals surface area (Å²) in [6, 6.07) is 25.0. The average molecular weight is 710 g/mol. The smallest absolute Gasteiger partial charge is 0.245 e. The highest BCUT2D eigenvalue weighted by atomic mass is 16.5. The fourth-order valence-corrected chi connectivity index (χ4v) is 7.27. The van der Waals surface area contributed by atoms with Crippen molar-refractivity contribution in [3.8, 4) is 11.5 Å². The minimum Gasteiger partial charge on any atom is -0.508 e. The van der Waals surface area contributed by atoms with Gasteiger partial charge in [-0.2, -0.15) is 0 Å². The maximum absolute atomic E-state index is 13.7. The number of rotatable bonds is 14. The molecule has 0 spiro atoms. The Kier molecular flexibility index (Phi) is 13.0. The molecule has 8 nitrogen and oxygen atoms in total. The molecule has 1 fully saturated rings. The van der Waals surface area contributed by atoms with Crippen LogP contribution in [0.25, 0.3) is 11.1 Å². The van der Waals surface area contributed by atoms with Crippen molar-refractivity contribution < 1.29 is 24.2 Å². The highest BCUT2D eigenvalue weighted by Crippen LogP contribution is 2.37. The summed E-state index contributed by atoms with van der Waals surface area (Å²) in [6.45, 7) is 18.8. The van der Waals surface area contributed by atoms with Gasteiger partial charge < -0.3 is 25.4 Å². The maximum atomic E-state index is 13.7. The normalized spacial score (nSPS) is 16.2. The lowest BCUT2D eigenvalue weighted by molar-refractivity contribution is -0.144. The molecular formula is C44H59N3O5. The number of phenolic OH excluding ortho intramolecular Hbond substituents is 1. The predicted molar refractivity (Wildman–Crippen MR) is 210 cm³/mol. The third-order valence-electron chi connectivity index (χ3n) is 10.1. The second-order valence-corrected chi connectivity index (χ2v) is 16.5. The van der Waals surface area contributed by atoms with Gasteiger partial charge in [0.25, 0.3) is 0 Å². The molecule has 1 aliphatic rings. The Bertz CT molecular complexity index is 1700. The van der Waals surface area contributed by atoms with Crippen molar-refractivity contribution in [2.24, 2.45) is 16.2 Å². The molecule has 1 aliphatic heterocycles. The van der Waals surface area contributed by atoms with E-state index in [9.17, 15) is 19.5 Å². The van der Waals surface area contributed by atoms with E-state index in [-0.39, 0.29) is 36.1 Å². The van der Waals surface area contributed by atoms with Crippen LogP contribution >= 0.6 is 0 Å². The SMILES string of the molecule is CC/C(=C(\c1ccc(O)cc1)c1ccc(OCCNC(=O)C(C)(C)CC(C)(C)C(=O)NC(C(=O)N2CCCC2C)C(C)(C)C)cc1)c1ccccc1. The number of hydrogen-bond acceptors (Lipinski definition) is 5. The molecule has 0 aromatic heterocycles. The van der Waals surface area contributed by atoms with Crippen LogP contribution in [0.5, 0.6) is 11.5 Å². The Morgan fingerprint density at radius 3 is 1.94 bits per heavy atom. The Balaban J connectivity index is 1.36. The van der Waals surface area contributed by atoms with E-state index in [0.29, 0.717) is 25.3 Å². The van der Waals surface area contributed by atoms with Crippen LogP contribution in [-0.2, 0) is 14.4 Å². The molecule has 0 bridgehead atoms. The molecule has 4 rings (SSSR count). The number of carbonyl (C=O) groups is 3. The molecule has 0 aliphatic carbocycles. The molecule has 8 heteroatoms. The fourth-order valence-electron chi connectivity index (χ4n) is 7.27. The number of ether oxygens (including phenoxy) is 1. The number of amides is 3. The summed E-state index contributed by atoms with van der Waals surface area (Å²) in [4.78, 5) is 42.5. The van der Waals surface area contributed by atoms with Crippen molar-refractivity contribution in [3.05, 3.63) is 95.6 Å². The van der Waals surface area contributed by atoms with Gasteiger partial charge in [-0.15, -0.1) is 0 Å². The molecule has 0 saturated carbocycles. The molecule has 2 unspecified atom stereocenters. The zero-order valence-electron chi connectivity index (χ0n) is 32.6.